The molecule has 2 heterocycles. The summed E-state index contributed by atoms with van der Waals surface area (Å²) in [6.45, 7) is 0.0107. The third kappa shape index (κ3) is 3.92. The first-order valence-electron chi connectivity index (χ1n) is 10.9. The van der Waals surface area contributed by atoms with E-state index in [0.29, 0.717) is 24.1 Å². The molecule has 2 N–H and O–H groups in total. The van der Waals surface area contributed by atoms with Crippen LogP contribution in [-0.2, 0) is 21.5 Å². The van der Waals surface area contributed by atoms with Crippen LogP contribution in [-0.4, -0.2) is 40.8 Å². The highest BCUT2D eigenvalue weighted by Gasteiger charge is 2.53. The number of carbonyl (C=O) groups excluding carboxylic acids is 3. The molecule has 1 aromatic heterocycles. The number of nitrogens with one attached hydrogen (secondary N) is 2. The first-order valence-corrected chi connectivity index (χ1v) is 11.8. The number of carbonyl (C=O) groups is 3. The number of urea groups is 1. The van der Waals surface area contributed by atoms with Gasteiger partial charge in [-0.15, -0.1) is 11.3 Å². The molecule has 0 spiro atoms. The number of imide groups is 1. The fraction of sp³-hybridized carbons (Fsp3) is 0.154. The lowest BCUT2D eigenvalue weighted by atomic mass is 9.82. The standard InChI is InChI=1S/C26H22N4O3S/c31-22(27-16-15-23-28-20-13-7-8-14-21(20)34-23)17-30-24(32)26(29-25(30)33,18-9-3-1-4-10-18)19-11-5-2-6-12-19/h1-14H,15-17H2,(H,27,31)(H,29,33). The number of benzene rings is 3. The van der Waals surface area contributed by atoms with Crippen LogP contribution in [0.25, 0.3) is 10.2 Å². The maximum atomic E-state index is 13.6. The first kappa shape index (κ1) is 21.8. The fourth-order valence-electron chi connectivity index (χ4n) is 4.19. The topological polar surface area (TPSA) is 91.4 Å². The summed E-state index contributed by atoms with van der Waals surface area (Å²) in [4.78, 5) is 44.7. The van der Waals surface area contributed by atoms with Gasteiger partial charge in [-0.25, -0.2) is 9.78 Å². The quantitative estimate of drug-likeness (QED) is 0.405. The first-order chi connectivity index (χ1) is 16.6. The average molecular weight is 471 g/mol. The predicted octanol–water partition coefficient (Wildman–Crippen LogP) is 3.45. The second-order valence-corrected chi connectivity index (χ2v) is 9.09. The van der Waals surface area contributed by atoms with Crippen LogP contribution >= 0.6 is 11.3 Å². The molecule has 0 saturated carbocycles. The Morgan fingerprint density at radius 2 is 1.53 bits per heavy atom. The summed E-state index contributed by atoms with van der Waals surface area (Å²) in [6.07, 6.45) is 0.573. The normalized spacial score (nSPS) is 14.9. The maximum absolute atomic E-state index is 13.6. The van der Waals surface area contributed by atoms with Crippen molar-refractivity contribution in [3.63, 3.8) is 0 Å². The highest BCUT2D eigenvalue weighted by Crippen LogP contribution is 2.35. The van der Waals surface area contributed by atoms with E-state index in [1.54, 1.807) is 35.6 Å². The van der Waals surface area contributed by atoms with E-state index in [4.69, 9.17) is 0 Å². The van der Waals surface area contributed by atoms with Gasteiger partial charge in [0.25, 0.3) is 5.91 Å². The summed E-state index contributed by atoms with van der Waals surface area (Å²) >= 11 is 1.59. The summed E-state index contributed by atoms with van der Waals surface area (Å²) in [5, 5.41) is 6.58. The number of rotatable bonds is 7. The smallest absolute Gasteiger partial charge is 0.326 e. The number of nitrogens with zero attached hydrogens (tertiary/aromatic N) is 2. The van der Waals surface area contributed by atoms with Gasteiger partial charge in [0.15, 0.2) is 5.54 Å². The summed E-state index contributed by atoms with van der Waals surface area (Å²) in [6, 6.07) is 25.4. The van der Waals surface area contributed by atoms with Crippen molar-refractivity contribution in [2.75, 3.05) is 13.1 Å². The number of fused-ring (bicyclic) bond motifs is 1. The van der Waals surface area contributed by atoms with E-state index in [1.165, 1.54) is 0 Å². The zero-order valence-electron chi connectivity index (χ0n) is 18.2. The molecule has 4 amide bonds. The Bertz CT molecular complexity index is 1280. The molecule has 1 aliphatic rings. The summed E-state index contributed by atoms with van der Waals surface area (Å²) in [5.41, 5.74) is 0.837. The molecule has 0 atom stereocenters. The van der Waals surface area contributed by atoms with Crippen molar-refractivity contribution >= 4 is 39.4 Å². The number of aromatic nitrogens is 1. The maximum Gasteiger partial charge on any atom is 0.326 e. The van der Waals surface area contributed by atoms with E-state index in [2.05, 4.69) is 15.6 Å². The molecular weight excluding hydrogens is 448 g/mol. The second kappa shape index (κ2) is 9.07. The molecule has 170 valence electrons. The van der Waals surface area contributed by atoms with Crippen LogP contribution in [0.3, 0.4) is 0 Å². The van der Waals surface area contributed by atoms with Crippen molar-refractivity contribution in [2.45, 2.75) is 12.0 Å². The number of amides is 4. The van der Waals surface area contributed by atoms with Crippen molar-refractivity contribution in [3.05, 3.63) is 101 Å². The molecule has 0 unspecified atom stereocenters. The van der Waals surface area contributed by atoms with Gasteiger partial charge in [0, 0.05) is 13.0 Å². The number of para-hydroxylation sites is 1. The van der Waals surface area contributed by atoms with Crippen LogP contribution in [0.1, 0.15) is 16.1 Å². The summed E-state index contributed by atoms with van der Waals surface area (Å²) < 4.78 is 1.10. The number of thiazole rings is 1. The molecule has 0 bridgehead atoms. The van der Waals surface area contributed by atoms with E-state index >= 15 is 0 Å². The largest absolute Gasteiger partial charge is 0.354 e. The molecule has 7 nitrogen and oxygen atoms in total. The van der Waals surface area contributed by atoms with E-state index < -0.39 is 23.4 Å². The van der Waals surface area contributed by atoms with Crippen molar-refractivity contribution in [3.8, 4) is 0 Å². The lowest BCUT2D eigenvalue weighted by Crippen LogP contribution is -2.46. The van der Waals surface area contributed by atoms with Gasteiger partial charge >= 0.3 is 6.03 Å². The van der Waals surface area contributed by atoms with E-state index in [1.807, 2.05) is 60.7 Å². The Labute approximate surface area is 200 Å². The Balaban J connectivity index is 1.29. The summed E-state index contributed by atoms with van der Waals surface area (Å²) in [7, 11) is 0. The summed E-state index contributed by atoms with van der Waals surface area (Å²) in [5.74, 6) is -0.877. The molecule has 3 aromatic carbocycles. The van der Waals surface area contributed by atoms with Gasteiger partial charge < -0.3 is 10.6 Å². The molecular formula is C26H22N4O3S. The van der Waals surface area contributed by atoms with Crippen molar-refractivity contribution in [1.29, 1.82) is 0 Å². The molecule has 1 aliphatic heterocycles. The van der Waals surface area contributed by atoms with Crippen LogP contribution < -0.4 is 10.6 Å². The minimum absolute atomic E-state index is 0.355. The highest BCUT2D eigenvalue weighted by atomic mass is 32.1. The van der Waals surface area contributed by atoms with Gasteiger partial charge in [0.05, 0.1) is 15.2 Å². The Morgan fingerprint density at radius 1 is 0.912 bits per heavy atom. The number of hydrogen-bond donors (Lipinski definition) is 2. The van der Waals surface area contributed by atoms with Crippen LogP contribution in [0.2, 0.25) is 0 Å². The van der Waals surface area contributed by atoms with Crippen LogP contribution in [0.15, 0.2) is 84.9 Å². The van der Waals surface area contributed by atoms with Gasteiger partial charge in [-0.1, -0.05) is 72.8 Å². The predicted molar refractivity (Wildman–Crippen MR) is 130 cm³/mol. The third-order valence-corrected chi connectivity index (χ3v) is 6.92. The molecule has 8 heteroatoms. The molecule has 0 aliphatic carbocycles. The third-order valence-electron chi connectivity index (χ3n) is 5.82. The van der Waals surface area contributed by atoms with Crippen LogP contribution in [0, 0.1) is 0 Å². The Kier molecular flexibility index (Phi) is 5.81. The lowest BCUT2D eigenvalue weighted by Gasteiger charge is -2.27. The SMILES string of the molecule is O=C(CN1C(=O)NC(c2ccccc2)(c2ccccc2)C1=O)NCCc1nc2ccccc2s1. The lowest BCUT2D eigenvalue weighted by molar-refractivity contribution is -0.134. The van der Waals surface area contributed by atoms with Crippen molar-refractivity contribution < 1.29 is 14.4 Å². The monoisotopic (exact) mass is 470 g/mol. The van der Waals surface area contributed by atoms with Crippen LogP contribution in [0.4, 0.5) is 4.79 Å². The van der Waals surface area contributed by atoms with Gasteiger partial charge in [-0.05, 0) is 23.3 Å². The van der Waals surface area contributed by atoms with Crippen molar-refractivity contribution in [2.24, 2.45) is 0 Å². The van der Waals surface area contributed by atoms with Crippen LogP contribution in [0.5, 0.6) is 0 Å². The van der Waals surface area contributed by atoms with Gasteiger partial charge in [0.2, 0.25) is 5.91 Å². The van der Waals surface area contributed by atoms with Crippen molar-refractivity contribution in [1.82, 2.24) is 20.5 Å². The molecule has 4 aromatic rings. The molecule has 34 heavy (non-hydrogen) atoms. The van der Waals surface area contributed by atoms with E-state index in [-0.39, 0.29) is 6.54 Å². The minimum atomic E-state index is -1.37. The number of hydrogen-bond acceptors (Lipinski definition) is 5. The fourth-order valence-corrected chi connectivity index (χ4v) is 5.16. The van der Waals surface area contributed by atoms with E-state index in [0.717, 1.165) is 20.1 Å². The molecule has 1 fully saturated rings. The highest BCUT2D eigenvalue weighted by molar-refractivity contribution is 7.18. The van der Waals surface area contributed by atoms with Gasteiger partial charge in [-0.2, -0.15) is 0 Å². The Morgan fingerprint density at radius 3 is 2.18 bits per heavy atom. The zero-order chi connectivity index (χ0) is 23.5. The molecule has 1 saturated heterocycles. The minimum Gasteiger partial charge on any atom is -0.354 e. The average Bonchev–Trinajstić information content (AvgIpc) is 3.39. The Hall–Kier alpha value is -4.04. The second-order valence-electron chi connectivity index (χ2n) is 7.98. The zero-order valence-corrected chi connectivity index (χ0v) is 19.0. The van der Waals surface area contributed by atoms with E-state index in [9.17, 15) is 14.4 Å². The molecule has 5 rings (SSSR count). The van der Waals surface area contributed by atoms with Gasteiger partial charge in [-0.3, -0.25) is 14.5 Å². The molecule has 0 radical (unpaired) electrons. The van der Waals surface area contributed by atoms with Gasteiger partial charge in [0.1, 0.15) is 6.54 Å².